The van der Waals surface area contributed by atoms with E-state index in [0.29, 0.717) is 46.2 Å². The summed E-state index contributed by atoms with van der Waals surface area (Å²) in [4.78, 5) is 32.5. The average molecular weight is 645 g/mol. The fourth-order valence-corrected chi connectivity index (χ4v) is 7.01. The lowest BCUT2D eigenvalue weighted by Crippen LogP contribution is -2.25. The van der Waals surface area contributed by atoms with Gasteiger partial charge in [0, 0.05) is 41.9 Å². The smallest absolute Gasteiger partial charge is 0.227 e. The highest BCUT2D eigenvalue weighted by molar-refractivity contribution is 5.99. The van der Waals surface area contributed by atoms with Crippen molar-refractivity contribution in [3.63, 3.8) is 0 Å². The van der Waals surface area contributed by atoms with Crippen molar-refractivity contribution < 1.29 is 13.9 Å². The Morgan fingerprint density at radius 3 is 2.73 bits per heavy atom. The van der Waals surface area contributed by atoms with E-state index in [0.717, 1.165) is 73.0 Å². The number of H-pyrrole nitrogens is 2. The molecule has 6 aromatic rings. The molecule has 48 heavy (non-hydrogen) atoms. The third-order valence-electron chi connectivity index (χ3n) is 9.53. The van der Waals surface area contributed by atoms with E-state index in [-0.39, 0.29) is 17.6 Å². The van der Waals surface area contributed by atoms with Crippen LogP contribution in [-0.4, -0.2) is 67.2 Å². The molecule has 1 aliphatic carbocycles. The van der Waals surface area contributed by atoms with E-state index in [4.69, 9.17) is 9.72 Å². The lowest BCUT2D eigenvalue weighted by Gasteiger charge is -2.20. The molecule has 1 aromatic carbocycles. The molecule has 1 amide bonds. The van der Waals surface area contributed by atoms with Gasteiger partial charge in [0.15, 0.2) is 0 Å². The first kappa shape index (κ1) is 30.2. The number of fused-ring (bicyclic) bond motifs is 2. The molecule has 0 radical (unpaired) electrons. The quantitative estimate of drug-likeness (QED) is 0.150. The van der Waals surface area contributed by atoms with Crippen LogP contribution in [0.1, 0.15) is 44.9 Å². The number of pyridine rings is 3. The van der Waals surface area contributed by atoms with Crippen LogP contribution in [0.5, 0.6) is 5.75 Å². The van der Waals surface area contributed by atoms with Gasteiger partial charge in [0.2, 0.25) is 5.91 Å². The number of halogens is 1. The number of carbonyl (C=O) groups excluding carboxylic acids is 1. The summed E-state index contributed by atoms with van der Waals surface area (Å²) in [6, 6.07) is 14.4. The molecule has 11 heteroatoms. The summed E-state index contributed by atoms with van der Waals surface area (Å²) in [6.07, 6.45) is 12.8. The highest BCUT2D eigenvalue weighted by Gasteiger charge is 2.22. The number of rotatable bonds is 9. The Morgan fingerprint density at radius 1 is 0.979 bits per heavy atom. The van der Waals surface area contributed by atoms with E-state index in [1.54, 1.807) is 18.6 Å². The molecular weight excluding hydrogens is 607 g/mol. The lowest BCUT2D eigenvalue weighted by atomic mass is 9.88. The molecule has 1 aliphatic heterocycles. The van der Waals surface area contributed by atoms with Gasteiger partial charge in [-0.3, -0.25) is 19.8 Å². The second-order valence-electron chi connectivity index (χ2n) is 12.8. The van der Waals surface area contributed by atoms with Gasteiger partial charge in [-0.25, -0.2) is 14.4 Å². The summed E-state index contributed by atoms with van der Waals surface area (Å²) < 4.78 is 20.8. The number of ether oxygens (including phenoxy) is 1. The Hall–Kier alpha value is -5.16. The predicted octanol–water partition coefficient (Wildman–Crippen LogP) is 7.36. The van der Waals surface area contributed by atoms with Gasteiger partial charge in [0.1, 0.15) is 35.0 Å². The maximum absolute atomic E-state index is 14.8. The van der Waals surface area contributed by atoms with Crippen molar-refractivity contribution in [2.24, 2.45) is 5.92 Å². The summed E-state index contributed by atoms with van der Waals surface area (Å²) in [5.74, 6) is 0.261. The Labute approximate surface area is 277 Å². The van der Waals surface area contributed by atoms with Gasteiger partial charge < -0.3 is 15.0 Å². The van der Waals surface area contributed by atoms with Crippen molar-refractivity contribution in [1.29, 1.82) is 0 Å². The minimum absolute atomic E-state index is 0.0533. The second-order valence-corrected chi connectivity index (χ2v) is 12.8. The number of amides is 1. The fourth-order valence-electron chi connectivity index (χ4n) is 7.01. The molecule has 3 N–H and O–H groups in total. The lowest BCUT2D eigenvalue weighted by molar-refractivity contribution is -0.120. The normalized spacial score (nSPS) is 15.8. The van der Waals surface area contributed by atoms with Crippen LogP contribution in [0.3, 0.4) is 0 Å². The van der Waals surface area contributed by atoms with E-state index in [1.165, 1.54) is 31.4 Å². The molecule has 6 heterocycles. The number of nitrogens with one attached hydrogen (secondary N) is 3. The van der Waals surface area contributed by atoms with Gasteiger partial charge in [0.25, 0.3) is 0 Å². The standard InChI is InChI=1S/C37H37FN8O2/c38-26-16-24(18-28(19-26)48-15-14-46-12-4-5-13-46)29-10-11-40-36-30(29)20-33(43-36)35-34-32(44-45-35)9-8-31(42-34)25-17-27(22-39-21-25)41-37(47)23-6-2-1-3-7-23/h8-11,16-23H,1-7,12-15H2,(H,40,43)(H,41,47)(H,44,45). The van der Waals surface area contributed by atoms with Gasteiger partial charge in [-0.05, 0) is 92.4 Å². The Kier molecular flexibility index (Phi) is 8.27. The third kappa shape index (κ3) is 6.25. The molecule has 10 nitrogen and oxygen atoms in total. The Bertz CT molecular complexity index is 2090. The van der Waals surface area contributed by atoms with Gasteiger partial charge >= 0.3 is 0 Å². The summed E-state index contributed by atoms with van der Waals surface area (Å²) in [5, 5.41) is 11.6. The molecule has 8 rings (SSSR count). The number of hydrogen-bond acceptors (Lipinski definition) is 7. The van der Waals surface area contributed by atoms with E-state index in [2.05, 4.69) is 35.4 Å². The molecule has 0 spiro atoms. The Balaban J connectivity index is 1.07. The molecule has 2 aliphatic rings. The SMILES string of the molecule is O=C(Nc1cncc(-c2ccc3[nH]nc(-c4cc5c(-c6cc(F)cc(OCCN7CCCC7)c6)ccnc5[nH]4)c3n2)c1)C1CCCCC1. The number of aromatic amines is 2. The first-order chi connectivity index (χ1) is 23.6. The minimum Gasteiger partial charge on any atom is -0.492 e. The van der Waals surface area contributed by atoms with Crippen LogP contribution in [0.15, 0.2) is 67.1 Å². The molecule has 1 saturated carbocycles. The summed E-state index contributed by atoms with van der Waals surface area (Å²) in [6.45, 7) is 3.53. The minimum atomic E-state index is -0.355. The number of hydrogen-bond donors (Lipinski definition) is 3. The first-order valence-corrected chi connectivity index (χ1v) is 16.8. The van der Waals surface area contributed by atoms with Crippen LogP contribution in [0.2, 0.25) is 0 Å². The number of anilines is 1. The summed E-state index contributed by atoms with van der Waals surface area (Å²) in [5.41, 5.74) is 7.16. The molecule has 5 aromatic heterocycles. The van der Waals surface area contributed by atoms with Crippen molar-refractivity contribution in [3.8, 4) is 39.5 Å². The zero-order chi connectivity index (χ0) is 32.5. The van der Waals surface area contributed by atoms with Gasteiger partial charge in [-0.1, -0.05) is 19.3 Å². The second kappa shape index (κ2) is 13.2. The highest BCUT2D eigenvalue weighted by atomic mass is 19.1. The zero-order valence-electron chi connectivity index (χ0n) is 26.6. The maximum Gasteiger partial charge on any atom is 0.227 e. The molecule has 0 unspecified atom stereocenters. The van der Waals surface area contributed by atoms with Crippen LogP contribution >= 0.6 is 0 Å². The largest absolute Gasteiger partial charge is 0.492 e. The van der Waals surface area contributed by atoms with Crippen LogP contribution in [0.25, 0.3) is 55.8 Å². The van der Waals surface area contributed by atoms with Crippen LogP contribution in [0.4, 0.5) is 10.1 Å². The van der Waals surface area contributed by atoms with Gasteiger partial charge in [-0.2, -0.15) is 5.10 Å². The topological polar surface area (TPSA) is 125 Å². The van der Waals surface area contributed by atoms with Crippen LogP contribution in [-0.2, 0) is 4.79 Å². The summed E-state index contributed by atoms with van der Waals surface area (Å²) in [7, 11) is 0. The Morgan fingerprint density at radius 2 is 1.85 bits per heavy atom. The fraction of sp³-hybridized carbons (Fsp3) is 0.324. The van der Waals surface area contributed by atoms with E-state index >= 15 is 0 Å². The van der Waals surface area contributed by atoms with Crippen molar-refractivity contribution >= 4 is 33.7 Å². The number of benzene rings is 1. The van der Waals surface area contributed by atoms with Crippen molar-refractivity contribution in [1.82, 2.24) is 35.0 Å². The molecular formula is C37H37FN8O2. The molecule has 244 valence electrons. The number of aromatic nitrogens is 6. The zero-order valence-corrected chi connectivity index (χ0v) is 26.6. The predicted molar refractivity (Wildman–Crippen MR) is 184 cm³/mol. The molecule has 0 atom stereocenters. The number of likely N-dealkylation sites (tertiary alicyclic amines) is 1. The number of nitrogens with zero attached hydrogens (tertiary/aromatic N) is 5. The third-order valence-corrected chi connectivity index (χ3v) is 9.53. The molecule has 0 bridgehead atoms. The van der Waals surface area contributed by atoms with Crippen molar-refractivity contribution in [3.05, 3.63) is 72.9 Å². The van der Waals surface area contributed by atoms with Crippen LogP contribution < -0.4 is 10.1 Å². The maximum atomic E-state index is 14.8. The first-order valence-electron chi connectivity index (χ1n) is 16.8. The average Bonchev–Trinajstić information content (AvgIpc) is 3.88. The van der Waals surface area contributed by atoms with E-state index in [1.807, 2.05) is 36.4 Å². The summed E-state index contributed by atoms with van der Waals surface area (Å²) >= 11 is 0. The van der Waals surface area contributed by atoms with Crippen molar-refractivity contribution in [2.45, 2.75) is 44.9 Å². The van der Waals surface area contributed by atoms with E-state index < -0.39 is 0 Å². The highest BCUT2D eigenvalue weighted by Crippen LogP contribution is 2.35. The van der Waals surface area contributed by atoms with Crippen LogP contribution in [0, 0.1) is 11.7 Å². The van der Waals surface area contributed by atoms with Gasteiger partial charge in [-0.15, -0.1) is 0 Å². The van der Waals surface area contributed by atoms with E-state index in [9.17, 15) is 9.18 Å². The number of carbonyl (C=O) groups is 1. The molecule has 1 saturated heterocycles. The van der Waals surface area contributed by atoms with Gasteiger partial charge in [0.05, 0.1) is 28.8 Å². The molecule has 2 fully saturated rings. The van der Waals surface area contributed by atoms with Crippen molar-refractivity contribution in [2.75, 3.05) is 31.6 Å². The monoisotopic (exact) mass is 644 g/mol.